The van der Waals surface area contributed by atoms with Gasteiger partial charge in [0.1, 0.15) is 6.10 Å². The van der Waals surface area contributed by atoms with Crippen LogP contribution in [0.5, 0.6) is 0 Å². The largest absolute Gasteiger partial charge is 0.365 e. The maximum atomic E-state index is 12.3. The second-order valence-corrected chi connectivity index (χ2v) is 6.07. The van der Waals surface area contributed by atoms with Gasteiger partial charge in [0.25, 0.3) is 0 Å². The Morgan fingerprint density at radius 1 is 1.24 bits per heavy atom. The van der Waals surface area contributed by atoms with Crippen LogP contribution in [-0.4, -0.2) is 30.2 Å². The van der Waals surface area contributed by atoms with E-state index in [1.54, 1.807) is 0 Å². The number of ether oxygens (including phenoxy) is 1. The summed E-state index contributed by atoms with van der Waals surface area (Å²) >= 11 is 0. The standard InChI is InChI=1S/C16H32N2O2.ClH/c1-4-16(5-2,12-17)18-15(19)13(3)20-14-10-8-6-7-9-11-14;/h13-14H,4-12,17H2,1-3H3,(H,18,19);1H. The fraction of sp³-hybridized carbons (Fsp3) is 0.938. The van der Waals surface area contributed by atoms with E-state index in [2.05, 4.69) is 19.2 Å². The first-order valence-corrected chi connectivity index (χ1v) is 8.24. The normalized spacial score (nSPS) is 18.5. The van der Waals surface area contributed by atoms with Crippen molar-refractivity contribution in [2.75, 3.05) is 6.54 Å². The van der Waals surface area contributed by atoms with Crippen LogP contribution < -0.4 is 11.1 Å². The first-order chi connectivity index (χ1) is 9.56. The van der Waals surface area contributed by atoms with E-state index in [9.17, 15) is 4.79 Å². The van der Waals surface area contributed by atoms with Gasteiger partial charge in [0.05, 0.1) is 11.6 Å². The van der Waals surface area contributed by atoms with Crippen molar-refractivity contribution in [2.24, 2.45) is 5.73 Å². The minimum atomic E-state index is -0.387. The van der Waals surface area contributed by atoms with Gasteiger partial charge >= 0.3 is 0 Å². The number of nitrogens with two attached hydrogens (primary N) is 1. The van der Waals surface area contributed by atoms with Crippen molar-refractivity contribution in [3.63, 3.8) is 0 Å². The van der Waals surface area contributed by atoms with Crippen molar-refractivity contribution in [3.8, 4) is 0 Å². The first kappa shape index (κ1) is 20.7. The van der Waals surface area contributed by atoms with Crippen molar-refractivity contribution >= 4 is 18.3 Å². The summed E-state index contributed by atoms with van der Waals surface area (Å²) in [4.78, 5) is 12.3. The Morgan fingerprint density at radius 2 is 1.76 bits per heavy atom. The van der Waals surface area contributed by atoms with Gasteiger partial charge in [-0.2, -0.15) is 0 Å². The Bertz CT molecular complexity index is 280. The number of hydrogen-bond acceptors (Lipinski definition) is 3. The van der Waals surface area contributed by atoms with Crippen LogP contribution in [0.4, 0.5) is 0 Å². The van der Waals surface area contributed by atoms with Crippen molar-refractivity contribution in [3.05, 3.63) is 0 Å². The molecule has 126 valence electrons. The van der Waals surface area contributed by atoms with Crippen molar-refractivity contribution < 1.29 is 9.53 Å². The van der Waals surface area contributed by atoms with Crippen LogP contribution in [-0.2, 0) is 9.53 Å². The van der Waals surface area contributed by atoms with Gasteiger partial charge in [-0.15, -0.1) is 12.4 Å². The molecule has 0 heterocycles. The molecule has 1 saturated carbocycles. The van der Waals surface area contributed by atoms with Crippen LogP contribution in [0.25, 0.3) is 0 Å². The molecule has 0 aromatic heterocycles. The van der Waals surface area contributed by atoms with Gasteiger partial charge in [0.15, 0.2) is 0 Å². The van der Waals surface area contributed by atoms with Crippen molar-refractivity contribution in [1.29, 1.82) is 0 Å². The topological polar surface area (TPSA) is 64.3 Å². The molecule has 1 amide bonds. The average molecular weight is 321 g/mol. The molecule has 0 saturated heterocycles. The fourth-order valence-electron chi connectivity index (χ4n) is 2.86. The van der Waals surface area contributed by atoms with Crippen LogP contribution in [0.1, 0.15) is 72.1 Å². The monoisotopic (exact) mass is 320 g/mol. The summed E-state index contributed by atoms with van der Waals surface area (Å²) in [6.45, 7) is 6.45. The molecular weight excluding hydrogens is 288 g/mol. The zero-order valence-electron chi connectivity index (χ0n) is 13.8. The molecule has 0 bridgehead atoms. The van der Waals surface area contributed by atoms with E-state index in [0.29, 0.717) is 6.54 Å². The molecule has 0 spiro atoms. The molecule has 4 nitrogen and oxygen atoms in total. The Labute approximate surface area is 136 Å². The van der Waals surface area contributed by atoms with E-state index in [-0.39, 0.29) is 36.1 Å². The maximum Gasteiger partial charge on any atom is 0.249 e. The summed E-state index contributed by atoms with van der Waals surface area (Å²) in [5.41, 5.74) is 5.55. The molecule has 3 N–H and O–H groups in total. The Hall–Kier alpha value is -0.320. The Kier molecular flexibility index (Phi) is 10.3. The fourth-order valence-corrected chi connectivity index (χ4v) is 2.86. The van der Waals surface area contributed by atoms with Crippen LogP contribution in [0.2, 0.25) is 0 Å². The second-order valence-electron chi connectivity index (χ2n) is 6.07. The lowest BCUT2D eigenvalue weighted by Gasteiger charge is -2.33. The predicted octanol–water partition coefficient (Wildman–Crippen LogP) is 3.17. The van der Waals surface area contributed by atoms with Gasteiger partial charge in [-0.3, -0.25) is 4.79 Å². The van der Waals surface area contributed by atoms with Gasteiger partial charge in [0, 0.05) is 6.54 Å². The lowest BCUT2D eigenvalue weighted by molar-refractivity contribution is -0.138. The molecule has 1 aliphatic carbocycles. The molecule has 1 aliphatic rings. The molecular formula is C16H33ClN2O2. The summed E-state index contributed by atoms with van der Waals surface area (Å²) in [7, 11) is 0. The summed E-state index contributed by atoms with van der Waals surface area (Å²) in [6.07, 6.45) is 8.75. The van der Waals surface area contributed by atoms with E-state index in [0.717, 1.165) is 25.7 Å². The molecule has 0 radical (unpaired) electrons. The molecule has 1 fully saturated rings. The van der Waals surface area contributed by atoms with E-state index in [1.807, 2.05) is 6.92 Å². The van der Waals surface area contributed by atoms with E-state index in [4.69, 9.17) is 10.5 Å². The van der Waals surface area contributed by atoms with Gasteiger partial charge in [-0.25, -0.2) is 0 Å². The molecule has 1 unspecified atom stereocenters. The lowest BCUT2D eigenvalue weighted by Crippen LogP contribution is -2.55. The minimum absolute atomic E-state index is 0. The second kappa shape index (κ2) is 10.4. The van der Waals surface area contributed by atoms with E-state index < -0.39 is 0 Å². The van der Waals surface area contributed by atoms with Crippen LogP contribution in [0.15, 0.2) is 0 Å². The predicted molar refractivity (Wildman–Crippen MR) is 89.8 cm³/mol. The molecule has 1 atom stereocenters. The number of rotatable bonds is 7. The van der Waals surface area contributed by atoms with Gasteiger partial charge in [0.2, 0.25) is 5.91 Å². The van der Waals surface area contributed by atoms with Gasteiger partial charge in [-0.1, -0.05) is 39.5 Å². The van der Waals surface area contributed by atoms with E-state index in [1.165, 1.54) is 25.7 Å². The highest BCUT2D eigenvalue weighted by Gasteiger charge is 2.29. The Balaban J connectivity index is 0.00000400. The van der Waals surface area contributed by atoms with Crippen LogP contribution in [0, 0.1) is 0 Å². The molecule has 0 aliphatic heterocycles. The molecule has 0 aromatic carbocycles. The SMILES string of the molecule is CCC(CC)(CN)NC(=O)C(C)OC1CCCCCC1.Cl. The summed E-state index contributed by atoms with van der Waals surface area (Å²) in [5, 5.41) is 3.10. The number of carbonyl (C=O) groups excluding carboxylic acids is 1. The third-order valence-electron chi connectivity index (χ3n) is 4.70. The molecule has 1 rings (SSSR count). The van der Waals surface area contributed by atoms with Crippen LogP contribution >= 0.6 is 12.4 Å². The first-order valence-electron chi connectivity index (χ1n) is 8.24. The molecule has 5 heteroatoms. The number of halogens is 1. The van der Waals surface area contributed by atoms with Crippen molar-refractivity contribution in [2.45, 2.75) is 89.9 Å². The van der Waals surface area contributed by atoms with Gasteiger partial charge in [-0.05, 0) is 32.6 Å². The molecule has 21 heavy (non-hydrogen) atoms. The highest BCUT2D eigenvalue weighted by molar-refractivity contribution is 5.85. The smallest absolute Gasteiger partial charge is 0.249 e. The summed E-state index contributed by atoms with van der Waals surface area (Å²) < 4.78 is 5.96. The zero-order valence-corrected chi connectivity index (χ0v) is 14.6. The number of hydrogen-bond donors (Lipinski definition) is 2. The average Bonchev–Trinajstić information content (AvgIpc) is 2.73. The quantitative estimate of drug-likeness (QED) is 0.708. The summed E-state index contributed by atoms with van der Waals surface area (Å²) in [6, 6.07) is 0. The minimum Gasteiger partial charge on any atom is -0.365 e. The number of carbonyl (C=O) groups is 1. The highest BCUT2D eigenvalue weighted by Crippen LogP contribution is 2.21. The lowest BCUT2D eigenvalue weighted by atomic mass is 9.92. The Morgan fingerprint density at radius 3 is 2.19 bits per heavy atom. The number of nitrogens with one attached hydrogen (secondary N) is 1. The maximum absolute atomic E-state index is 12.3. The zero-order chi connectivity index (χ0) is 15.0. The highest BCUT2D eigenvalue weighted by atomic mass is 35.5. The van der Waals surface area contributed by atoms with Crippen molar-refractivity contribution in [1.82, 2.24) is 5.32 Å². The molecule has 0 aromatic rings. The third-order valence-corrected chi connectivity index (χ3v) is 4.70. The summed E-state index contributed by atoms with van der Waals surface area (Å²) in [5.74, 6) is -0.0246. The third kappa shape index (κ3) is 6.54. The van der Waals surface area contributed by atoms with Crippen LogP contribution in [0.3, 0.4) is 0 Å². The number of amides is 1. The van der Waals surface area contributed by atoms with Gasteiger partial charge < -0.3 is 15.8 Å². The van der Waals surface area contributed by atoms with E-state index >= 15 is 0 Å².